The standard InChI is InChI=1S/C22H26F2N2O2/c1-2-19(18-10-3-4-11-20(18)28-22(23)24)25-21(27)17-9-7-8-16(14-17)15-26-12-5-6-13-26/h3-4,7-11,14,19,22H,2,5-6,12-13,15H2,1H3,(H,25,27). The molecule has 150 valence electrons. The Morgan fingerprint density at radius 1 is 1.14 bits per heavy atom. The fraction of sp³-hybridized carbons (Fsp3) is 0.409. The third-order valence-corrected chi connectivity index (χ3v) is 5.02. The van der Waals surface area contributed by atoms with E-state index in [0.29, 0.717) is 17.5 Å². The largest absolute Gasteiger partial charge is 0.434 e. The van der Waals surface area contributed by atoms with Crippen molar-refractivity contribution < 1.29 is 18.3 Å². The SMILES string of the molecule is CCC(NC(=O)c1cccc(CN2CCCC2)c1)c1ccccc1OC(F)F. The zero-order chi connectivity index (χ0) is 19.9. The van der Waals surface area contributed by atoms with Gasteiger partial charge in [0, 0.05) is 17.7 Å². The van der Waals surface area contributed by atoms with Crippen molar-refractivity contribution in [3.8, 4) is 5.75 Å². The Kier molecular flexibility index (Phi) is 6.98. The molecule has 1 saturated heterocycles. The van der Waals surface area contributed by atoms with Crippen molar-refractivity contribution in [1.29, 1.82) is 0 Å². The Morgan fingerprint density at radius 2 is 1.89 bits per heavy atom. The molecule has 1 amide bonds. The summed E-state index contributed by atoms with van der Waals surface area (Å²) in [6.45, 7) is 2.01. The van der Waals surface area contributed by atoms with Gasteiger partial charge in [-0.3, -0.25) is 9.69 Å². The molecule has 1 aliphatic rings. The fourth-order valence-electron chi connectivity index (χ4n) is 3.62. The van der Waals surface area contributed by atoms with Gasteiger partial charge in [-0.25, -0.2) is 0 Å². The van der Waals surface area contributed by atoms with Crippen LogP contribution in [0.3, 0.4) is 0 Å². The molecule has 0 radical (unpaired) electrons. The number of likely N-dealkylation sites (tertiary alicyclic amines) is 1. The number of rotatable bonds is 8. The molecule has 28 heavy (non-hydrogen) atoms. The van der Waals surface area contributed by atoms with Gasteiger partial charge in [0.1, 0.15) is 5.75 Å². The van der Waals surface area contributed by atoms with Crippen molar-refractivity contribution >= 4 is 5.91 Å². The average molecular weight is 388 g/mol. The second-order valence-corrected chi connectivity index (χ2v) is 7.03. The maximum atomic E-state index is 12.8. The lowest BCUT2D eigenvalue weighted by atomic mass is 10.0. The average Bonchev–Trinajstić information content (AvgIpc) is 3.19. The van der Waals surface area contributed by atoms with Crippen LogP contribution < -0.4 is 10.1 Å². The first-order valence-electron chi connectivity index (χ1n) is 9.72. The first kappa shape index (κ1) is 20.3. The van der Waals surface area contributed by atoms with Gasteiger partial charge in [0.05, 0.1) is 6.04 Å². The molecule has 1 heterocycles. The molecule has 1 N–H and O–H groups in total. The number of amides is 1. The van der Waals surface area contributed by atoms with Gasteiger partial charge < -0.3 is 10.1 Å². The van der Waals surface area contributed by atoms with E-state index in [1.807, 2.05) is 25.1 Å². The maximum Gasteiger partial charge on any atom is 0.387 e. The third kappa shape index (κ3) is 5.29. The maximum absolute atomic E-state index is 12.8. The highest BCUT2D eigenvalue weighted by Crippen LogP contribution is 2.28. The van der Waals surface area contributed by atoms with Crippen LogP contribution in [0.4, 0.5) is 8.78 Å². The minimum Gasteiger partial charge on any atom is -0.434 e. The number of carbonyl (C=O) groups is 1. The lowest BCUT2D eigenvalue weighted by Gasteiger charge is -2.21. The van der Waals surface area contributed by atoms with Crippen molar-refractivity contribution in [3.63, 3.8) is 0 Å². The molecule has 0 spiro atoms. The number of halogens is 2. The number of ether oxygens (including phenoxy) is 1. The van der Waals surface area contributed by atoms with Crippen LogP contribution in [0.25, 0.3) is 0 Å². The van der Waals surface area contributed by atoms with E-state index in [9.17, 15) is 13.6 Å². The van der Waals surface area contributed by atoms with Crippen LogP contribution in [0.2, 0.25) is 0 Å². The summed E-state index contributed by atoms with van der Waals surface area (Å²) in [6.07, 6.45) is 3.00. The molecular formula is C22H26F2N2O2. The molecule has 6 heteroatoms. The van der Waals surface area contributed by atoms with Gasteiger partial charge >= 0.3 is 6.61 Å². The molecule has 1 atom stereocenters. The van der Waals surface area contributed by atoms with Gasteiger partial charge in [0.2, 0.25) is 0 Å². The highest BCUT2D eigenvalue weighted by Gasteiger charge is 2.20. The number of benzene rings is 2. The Hall–Kier alpha value is -2.47. The number of para-hydroxylation sites is 1. The van der Waals surface area contributed by atoms with Gasteiger partial charge in [-0.2, -0.15) is 8.78 Å². The number of hydrogen-bond donors (Lipinski definition) is 1. The zero-order valence-corrected chi connectivity index (χ0v) is 16.0. The first-order chi connectivity index (χ1) is 13.6. The minimum absolute atomic E-state index is 0.0902. The molecular weight excluding hydrogens is 362 g/mol. The second kappa shape index (κ2) is 9.64. The number of nitrogens with one attached hydrogen (secondary N) is 1. The molecule has 0 bridgehead atoms. The number of hydrogen-bond acceptors (Lipinski definition) is 3. The lowest BCUT2D eigenvalue weighted by Crippen LogP contribution is -2.29. The Labute approximate surface area is 164 Å². The van der Waals surface area contributed by atoms with E-state index < -0.39 is 12.7 Å². The summed E-state index contributed by atoms with van der Waals surface area (Å²) in [6, 6.07) is 13.8. The van der Waals surface area contributed by atoms with Crippen LogP contribution in [0, 0.1) is 0 Å². The van der Waals surface area contributed by atoms with Crippen molar-refractivity contribution in [1.82, 2.24) is 10.2 Å². The second-order valence-electron chi connectivity index (χ2n) is 7.03. The van der Waals surface area contributed by atoms with Crippen LogP contribution in [0.5, 0.6) is 5.75 Å². The summed E-state index contributed by atoms with van der Waals surface area (Å²) in [5, 5.41) is 2.96. The van der Waals surface area contributed by atoms with Crippen molar-refractivity contribution in [3.05, 3.63) is 65.2 Å². The highest BCUT2D eigenvalue weighted by molar-refractivity contribution is 5.94. The Balaban J connectivity index is 1.72. The Morgan fingerprint density at radius 3 is 2.61 bits per heavy atom. The third-order valence-electron chi connectivity index (χ3n) is 5.02. The predicted molar refractivity (Wildman–Crippen MR) is 105 cm³/mol. The number of alkyl halides is 2. The van der Waals surface area contributed by atoms with Gasteiger partial charge in [0.15, 0.2) is 0 Å². The van der Waals surface area contributed by atoms with E-state index in [0.717, 1.165) is 25.2 Å². The molecule has 0 aliphatic carbocycles. The highest BCUT2D eigenvalue weighted by atomic mass is 19.3. The van der Waals surface area contributed by atoms with Crippen molar-refractivity contribution in [2.24, 2.45) is 0 Å². The monoisotopic (exact) mass is 388 g/mol. The van der Waals surface area contributed by atoms with Crippen LogP contribution in [0.1, 0.15) is 53.7 Å². The lowest BCUT2D eigenvalue weighted by molar-refractivity contribution is -0.0506. The van der Waals surface area contributed by atoms with E-state index in [1.54, 1.807) is 24.3 Å². The van der Waals surface area contributed by atoms with Crippen LogP contribution in [-0.4, -0.2) is 30.5 Å². The summed E-state index contributed by atoms with van der Waals surface area (Å²) in [5.74, 6) is -0.130. The molecule has 1 unspecified atom stereocenters. The van der Waals surface area contributed by atoms with Crippen LogP contribution in [-0.2, 0) is 6.54 Å². The quantitative estimate of drug-likeness (QED) is 0.709. The molecule has 0 saturated carbocycles. The topological polar surface area (TPSA) is 41.6 Å². The summed E-state index contributed by atoms with van der Waals surface area (Å²) >= 11 is 0. The fourth-order valence-corrected chi connectivity index (χ4v) is 3.62. The molecule has 0 aromatic heterocycles. The van der Waals surface area contributed by atoms with Crippen LogP contribution >= 0.6 is 0 Å². The molecule has 3 rings (SSSR count). The van der Waals surface area contributed by atoms with E-state index in [-0.39, 0.29) is 11.7 Å². The molecule has 1 aliphatic heterocycles. The van der Waals surface area contributed by atoms with Crippen molar-refractivity contribution in [2.75, 3.05) is 13.1 Å². The summed E-state index contributed by atoms with van der Waals surface area (Å²) in [7, 11) is 0. The van der Waals surface area contributed by atoms with Crippen LogP contribution in [0.15, 0.2) is 48.5 Å². The van der Waals surface area contributed by atoms with Gasteiger partial charge in [-0.05, 0) is 56.1 Å². The van der Waals surface area contributed by atoms with Crippen molar-refractivity contribution in [2.45, 2.75) is 45.4 Å². The Bertz CT molecular complexity index is 792. The molecule has 4 nitrogen and oxygen atoms in total. The van der Waals surface area contributed by atoms with E-state index in [1.165, 1.54) is 18.9 Å². The normalized spacial score (nSPS) is 15.6. The summed E-state index contributed by atoms with van der Waals surface area (Å²) in [5.41, 5.74) is 2.22. The zero-order valence-electron chi connectivity index (χ0n) is 16.0. The van der Waals surface area contributed by atoms with Gasteiger partial charge in [-0.15, -0.1) is 0 Å². The van der Waals surface area contributed by atoms with Gasteiger partial charge in [0.25, 0.3) is 5.91 Å². The minimum atomic E-state index is -2.91. The van der Waals surface area contributed by atoms with E-state index in [4.69, 9.17) is 0 Å². The van der Waals surface area contributed by atoms with E-state index in [2.05, 4.69) is 15.0 Å². The molecule has 2 aromatic carbocycles. The van der Waals surface area contributed by atoms with Gasteiger partial charge in [-0.1, -0.05) is 37.3 Å². The smallest absolute Gasteiger partial charge is 0.387 e. The summed E-state index contributed by atoms with van der Waals surface area (Å²) in [4.78, 5) is 15.2. The van der Waals surface area contributed by atoms with E-state index >= 15 is 0 Å². The predicted octanol–water partition coefficient (Wildman–Crippen LogP) is 4.76. The summed E-state index contributed by atoms with van der Waals surface area (Å²) < 4.78 is 30.0. The number of carbonyl (C=O) groups excluding carboxylic acids is 1. The first-order valence-corrected chi connectivity index (χ1v) is 9.72. The molecule has 1 fully saturated rings. The number of nitrogens with zero attached hydrogens (tertiary/aromatic N) is 1. The molecule has 2 aromatic rings.